The van der Waals surface area contributed by atoms with Crippen LogP contribution in [0.4, 0.5) is 0 Å². The molecule has 2 N–H and O–H groups in total. The van der Waals surface area contributed by atoms with Gasteiger partial charge in [-0.2, -0.15) is 0 Å². The van der Waals surface area contributed by atoms with Gasteiger partial charge in [0.15, 0.2) is 0 Å². The summed E-state index contributed by atoms with van der Waals surface area (Å²) in [5.41, 5.74) is 10.4. The minimum absolute atomic E-state index is 0. The summed E-state index contributed by atoms with van der Waals surface area (Å²) in [5.74, 6) is 0. The van der Waals surface area contributed by atoms with E-state index < -0.39 is 6.10 Å². The van der Waals surface area contributed by atoms with Crippen LogP contribution in [0, 0.1) is 6.92 Å². The van der Waals surface area contributed by atoms with Gasteiger partial charge in [-0.05, 0) is 30.0 Å². The van der Waals surface area contributed by atoms with Gasteiger partial charge < -0.3 is 10.8 Å². The minimum Gasteiger partial charge on any atom is -0.675 e. The largest absolute Gasteiger partial charge is 2.00 e. The topological polar surface area (TPSA) is 44.0 Å². The molecule has 0 amide bonds. The summed E-state index contributed by atoms with van der Waals surface area (Å²) >= 11 is 0. The summed E-state index contributed by atoms with van der Waals surface area (Å²) in [7, 11) is 0. The van der Waals surface area contributed by atoms with Crippen LogP contribution in [0.25, 0.3) is 5.73 Å². The molecule has 0 fully saturated rings. The molecule has 3 heteroatoms. The predicted molar refractivity (Wildman–Crippen MR) is 54.7 cm³/mol. The number of aliphatic hydroxyl groups is 1. The van der Waals surface area contributed by atoms with Gasteiger partial charge in [-0.3, -0.25) is 0 Å². The van der Waals surface area contributed by atoms with Gasteiger partial charge in [0.1, 0.15) is 0 Å². The molecule has 0 aliphatic heterocycles. The molecule has 0 heterocycles. The average Bonchev–Trinajstić information content (AvgIpc) is 2.17. The fourth-order valence-electron chi connectivity index (χ4n) is 1.40. The molecule has 0 bridgehead atoms. The number of hydrogen-bond donors (Lipinski definition) is 1. The zero-order valence-electron chi connectivity index (χ0n) is 8.58. The quantitative estimate of drug-likeness (QED) is 0.883. The number of aryl methyl sites for hydroxylation is 2. The third-order valence-electron chi connectivity index (χ3n) is 2.33. The van der Waals surface area contributed by atoms with Crippen molar-refractivity contribution >= 4 is 0 Å². The van der Waals surface area contributed by atoms with Crippen LogP contribution in [0.2, 0.25) is 0 Å². The van der Waals surface area contributed by atoms with Crippen molar-refractivity contribution in [1.82, 2.24) is 0 Å². The van der Waals surface area contributed by atoms with Crippen molar-refractivity contribution in [2.45, 2.75) is 26.4 Å². The van der Waals surface area contributed by atoms with Crippen LogP contribution in [0.15, 0.2) is 18.2 Å². The van der Waals surface area contributed by atoms with Crippen molar-refractivity contribution in [2.75, 3.05) is 6.54 Å². The molecule has 14 heavy (non-hydrogen) atoms. The second-order valence-electron chi connectivity index (χ2n) is 3.26. The van der Waals surface area contributed by atoms with E-state index in [9.17, 15) is 5.11 Å². The summed E-state index contributed by atoms with van der Waals surface area (Å²) in [6.45, 7) is 4.20. The summed E-state index contributed by atoms with van der Waals surface area (Å²) in [5, 5.41) is 9.45. The van der Waals surface area contributed by atoms with Crippen LogP contribution in [0.3, 0.4) is 0 Å². The molecule has 1 aromatic carbocycles. The van der Waals surface area contributed by atoms with Gasteiger partial charge in [0.05, 0.1) is 6.10 Å². The van der Waals surface area contributed by atoms with Crippen LogP contribution in [0.1, 0.15) is 29.7 Å². The minimum atomic E-state index is -0.633. The van der Waals surface area contributed by atoms with Crippen LogP contribution in [-0.4, -0.2) is 11.7 Å². The maximum atomic E-state index is 9.45. The monoisotopic (exact) mass is 362 g/mol. The summed E-state index contributed by atoms with van der Waals surface area (Å²) < 4.78 is 0. The molecular weight excluding hydrogens is 346 g/mol. The van der Waals surface area contributed by atoms with E-state index >= 15 is 0 Å². The maximum Gasteiger partial charge on any atom is 2.00 e. The maximum absolute atomic E-state index is 9.45. The standard InChI is InChI=1S/C11H16NO.W/c1-3-9-6-10(11(13)7-12)5-4-8(9)2;/h4-6,11-13H,3,7H2,1-2H3;/q-1;+2. The average molecular weight is 362 g/mol. The van der Waals surface area contributed by atoms with Gasteiger partial charge in [-0.15, -0.1) is 6.54 Å². The van der Waals surface area contributed by atoms with Gasteiger partial charge in [-0.1, -0.05) is 25.1 Å². The van der Waals surface area contributed by atoms with E-state index in [4.69, 9.17) is 5.73 Å². The first-order chi connectivity index (χ1) is 6.19. The van der Waals surface area contributed by atoms with Crippen LogP contribution in [0.5, 0.6) is 0 Å². The number of nitrogens with one attached hydrogen (secondary N) is 1. The summed E-state index contributed by atoms with van der Waals surface area (Å²) in [6, 6.07) is 5.90. The molecule has 0 aliphatic carbocycles. The van der Waals surface area contributed by atoms with E-state index in [2.05, 4.69) is 13.8 Å². The number of benzene rings is 1. The molecular formula is C11H16NOW+. The molecule has 76 valence electrons. The molecule has 1 unspecified atom stereocenters. The van der Waals surface area contributed by atoms with Crippen LogP contribution in [-0.2, 0) is 27.5 Å². The Labute approximate surface area is 99.8 Å². The van der Waals surface area contributed by atoms with Gasteiger partial charge in [0.25, 0.3) is 0 Å². The zero-order valence-corrected chi connectivity index (χ0v) is 11.5. The Morgan fingerprint density at radius 2 is 2.07 bits per heavy atom. The van der Waals surface area contributed by atoms with Crippen LogP contribution >= 0.6 is 0 Å². The normalized spacial score (nSPS) is 12.0. The molecule has 0 spiro atoms. The fourth-order valence-corrected chi connectivity index (χ4v) is 1.40. The Morgan fingerprint density at radius 1 is 1.43 bits per heavy atom. The SMILES string of the molecule is CCc1cc(C(O)C[NH-])ccc1C.[W+2]. The van der Waals surface area contributed by atoms with E-state index in [1.807, 2.05) is 18.2 Å². The van der Waals surface area contributed by atoms with E-state index in [0.29, 0.717) is 0 Å². The zero-order chi connectivity index (χ0) is 9.84. The van der Waals surface area contributed by atoms with Gasteiger partial charge in [0, 0.05) is 0 Å². The Bertz CT molecular complexity index is 289. The first-order valence-electron chi connectivity index (χ1n) is 4.61. The molecule has 0 aromatic heterocycles. The molecule has 0 saturated carbocycles. The Morgan fingerprint density at radius 3 is 2.57 bits per heavy atom. The first kappa shape index (κ1) is 13.8. The molecule has 0 saturated heterocycles. The summed E-state index contributed by atoms with van der Waals surface area (Å²) in [4.78, 5) is 0. The molecule has 1 aromatic rings. The molecule has 0 radical (unpaired) electrons. The molecule has 2 nitrogen and oxygen atoms in total. The van der Waals surface area contributed by atoms with Gasteiger partial charge >= 0.3 is 21.1 Å². The second-order valence-corrected chi connectivity index (χ2v) is 3.26. The van der Waals surface area contributed by atoms with Crippen LogP contribution < -0.4 is 0 Å². The third-order valence-corrected chi connectivity index (χ3v) is 2.33. The van der Waals surface area contributed by atoms with Crippen molar-refractivity contribution in [3.05, 3.63) is 40.6 Å². The molecule has 1 atom stereocenters. The number of hydrogen-bond acceptors (Lipinski definition) is 1. The van der Waals surface area contributed by atoms with Gasteiger partial charge in [0.2, 0.25) is 0 Å². The number of rotatable bonds is 3. The predicted octanol–water partition coefficient (Wildman–Crippen LogP) is 2.64. The first-order valence-corrected chi connectivity index (χ1v) is 4.61. The second kappa shape index (κ2) is 6.34. The van der Waals surface area contributed by atoms with Gasteiger partial charge in [-0.25, -0.2) is 0 Å². The fraction of sp³-hybridized carbons (Fsp3) is 0.455. The molecule has 0 aliphatic rings. The van der Waals surface area contributed by atoms with E-state index in [0.717, 1.165) is 12.0 Å². The summed E-state index contributed by atoms with van der Waals surface area (Å²) in [6.07, 6.45) is 0.343. The van der Waals surface area contributed by atoms with Crippen molar-refractivity contribution < 1.29 is 26.2 Å². The van der Waals surface area contributed by atoms with E-state index in [-0.39, 0.29) is 27.6 Å². The van der Waals surface area contributed by atoms with E-state index in [1.165, 1.54) is 11.1 Å². The Hall–Kier alpha value is -0.172. The van der Waals surface area contributed by atoms with Crippen molar-refractivity contribution in [3.63, 3.8) is 0 Å². The Balaban J connectivity index is 0.00000169. The smallest absolute Gasteiger partial charge is 0.675 e. The van der Waals surface area contributed by atoms with E-state index in [1.54, 1.807) is 0 Å². The van der Waals surface area contributed by atoms with Crippen molar-refractivity contribution in [2.24, 2.45) is 0 Å². The van der Waals surface area contributed by atoms with Crippen molar-refractivity contribution in [1.29, 1.82) is 0 Å². The number of aliphatic hydroxyl groups excluding tert-OH is 1. The molecule has 1 rings (SSSR count). The third kappa shape index (κ3) is 3.20. The Kier molecular flexibility index (Phi) is 6.26. The van der Waals surface area contributed by atoms with Crippen molar-refractivity contribution in [3.8, 4) is 0 Å².